The van der Waals surface area contributed by atoms with Gasteiger partial charge >= 0.3 is 0 Å². The Morgan fingerprint density at radius 3 is 1.59 bits per heavy atom. The largest absolute Gasteiger partial charge is 0.455 e. The summed E-state index contributed by atoms with van der Waals surface area (Å²) in [5.74, 6) is 0. The predicted molar refractivity (Wildman–Crippen MR) is 180 cm³/mol. The number of para-hydroxylation sites is 2. The van der Waals surface area contributed by atoms with Crippen LogP contribution in [0.1, 0.15) is 5.56 Å². The number of fused-ring (bicyclic) bond motifs is 7. The second-order valence-corrected chi connectivity index (χ2v) is 11.2. The molecule has 0 fully saturated rings. The molecule has 2 heterocycles. The molecule has 3 heteroatoms. The van der Waals surface area contributed by atoms with Crippen molar-refractivity contribution in [1.82, 2.24) is 0 Å². The molecule has 2 aromatic heterocycles. The highest BCUT2D eigenvalue weighted by Gasteiger charge is 2.22. The third-order valence-electron chi connectivity index (χ3n) is 8.70. The maximum atomic E-state index is 9.43. The molecule has 7 aromatic carbocycles. The average molecular weight is 562 g/mol. The number of furan rings is 2. The van der Waals surface area contributed by atoms with E-state index in [1.54, 1.807) is 0 Å². The van der Waals surface area contributed by atoms with Crippen molar-refractivity contribution >= 4 is 54.6 Å². The molecule has 0 atom stereocenters. The summed E-state index contributed by atoms with van der Waals surface area (Å²) in [6, 6.07) is 50.2. The fraction of sp³-hybridized carbons (Fsp3) is 0. The Hall–Kier alpha value is -6.11. The predicted octanol–water partition coefficient (Wildman–Crippen LogP) is 11.5. The number of nitrogens with zero attached hydrogens (tertiary/aromatic N) is 1. The van der Waals surface area contributed by atoms with E-state index in [2.05, 4.69) is 97.1 Å². The summed E-state index contributed by atoms with van der Waals surface area (Å²) in [7, 11) is 0. The van der Waals surface area contributed by atoms with Crippen molar-refractivity contribution in [2.75, 3.05) is 0 Å². The van der Waals surface area contributed by atoms with E-state index in [0.29, 0.717) is 5.56 Å². The Morgan fingerprint density at radius 1 is 0.409 bits per heavy atom. The highest BCUT2D eigenvalue weighted by atomic mass is 16.3. The molecule has 0 bridgehead atoms. The molecule has 0 aliphatic carbocycles. The van der Waals surface area contributed by atoms with E-state index in [-0.39, 0.29) is 0 Å². The van der Waals surface area contributed by atoms with Crippen LogP contribution in [0, 0.1) is 11.3 Å². The fourth-order valence-corrected chi connectivity index (χ4v) is 6.68. The van der Waals surface area contributed by atoms with Gasteiger partial charge in [-0.25, -0.2) is 0 Å². The van der Waals surface area contributed by atoms with Crippen molar-refractivity contribution in [1.29, 1.82) is 5.26 Å². The Morgan fingerprint density at radius 2 is 0.932 bits per heavy atom. The van der Waals surface area contributed by atoms with Crippen molar-refractivity contribution in [3.05, 3.63) is 145 Å². The molecule has 0 spiro atoms. The maximum Gasteiger partial charge on any atom is 0.147 e. The Bertz CT molecular complexity index is 2540. The zero-order valence-electron chi connectivity index (χ0n) is 23.5. The number of hydrogen-bond donors (Lipinski definition) is 0. The summed E-state index contributed by atoms with van der Waals surface area (Å²) >= 11 is 0. The van der Waals surface area contributed by atoms with Gasteiger partial charge in [-0.3, -0.25) is 0 Å². The summed E-state index contributed by atoms with van der Waals surface area (Å²) in [5, 5.41) is 16.0. The summed E-state index contributed by atoms with van der Waals surface area (Å²) in [4.78, 5) is 0. The van der Waals surface area contributed by atoms with Crippen molar-refractivity contribution in [2.24, 2.45) is 0 Å². The quantitative estimate of drug-likeness (QED) is 0.216. The molecular weight excluding hydrogens is 538 g/mol. The van der Waals surface area contributed by atoms with Gasteiger partial charge in [-0.05, 0) is 75.0 Å². The van der Waals surface area contributed by atoms with Gasteiger partial charge in [-0.15, -0.1) is 0 Å². The third kappa shape index (κ3) is 3.62. The normalized spacial score (nSPS) is 11.6. The number of nitriles is 1. The topological polar surface area (TPSA) is 50.1 Å². The Kier molecular flexibility index (Phi) is 5.26. The molecule has 44 heavy (non-hydrogen) atoms. The van der Waals surface area contributed by atoms with Crippen molar-refractivity contribution in [3.8, 4) is 39.4 Å². The second-order valence-electron chi connectivity index (χ2n) is 11.2. The van der Waals surface area contributed by atoms with Crippen molar-refractivity contribution in [3.63, 3.8) is 0 Å². The van der Waals surface area contributed by atoms with Crippen molar-refractivity contribution in [2.45, 2.75) is 0 Å². The van der Waals surface area contributed by atoms with Crippen LogP contribution in [0.3, 0.4) is 0 Å². The molecule has 0 amide bonds. The molecule has 0 aliphatic heterocycles. The van der Waals surface area contributed by atoms with E-state index in [1.807, 2.05) is 48.5 Å². The fourth-order valence-electron chi connectivity index (χ4n) is 6.68. The molecule has 0 unspecified atom stereocenters. The SMILES string of the molecule is N#Cc1cccc(-c2cccc(-c3ccc(-c4c5oc6ccccc6c5cc5c4oc4ccccc45)c4ccccc34)c2)c1. The lowest BCUT2D eigenvalue weighted by Gasteiger charge is -2.14. The highest BCUT2D eigenvalue weighted by molar-refractivity contribution is 6.24. The van der Waals surface area contributed by atoms with E-state index >= 15 is 0 Å². The molecule has 9 rings (SSSR count). The van der Waals surface area contributed by atoms with Crippen LogP contribution >= 0.6 is 0 Å². The number of hydrogen-bond acceptors (Lipinski definition) is 3. The minimum absolute atomic E-state index is 0.652. The van der Waals surface area contributed by atoms with E-state index in [1.165, 1.54) is 0 Å². The molecule has 0 N–H and O–H groups in total. The maximum absolute atomic E-state index is 9.43. The first-order valence-electron chi connectivity index (χ1n) is 14.7. The molecule has 0 saturated carbocycles. The first kappa shape index (κ1) is 24.5. The summed E-state index contributed by atoms with van der Waals surface area (Å²) in [6.45, 7) is 0. The van der Waals surface area contributed by atoms with Crippen LogP contribution in [0.25, 0.3) is 88.0 Å². The van der Waals surface area contributed by atoms with Crippen LogP contribution < -0.4 is 0 Å². The van der Waals surface area contributed by atoms with E-state index < -0.39 is 0 Å². The van der Waals surface area contributed by atoms with Crippen LogP contribution in [0.2, 0.25) is 0 Å². The van der Waals surface area contributed by atoms with Crippen LogP contribution in [0.4, 0.5) is 0 Å². The molecule has 0 radical (unpaired) electrons. The van der Waals surface area contributed by atoms with Gasteiger partial charge in [0.25, 0.3) is 0 Å². The lowest BCUT2D eigenvalue weighted by atomic mass is 9.89. The van der Waals surface area contributed by atoms with Gasteiger partial charge in [0, 0.05) is 21.5 Å². The van der Waals surface area contributed by atoms with E-state index in [9.17, 15) is 5.26 Å². The van der Waals surface area contributed by atoms with Gasteiger partial charge in [-0.1, -0.05) is 103 Å². The van der Waals surface area contributed by atoms with Crippen LogP contribution in [0.15, 0.2) is 148 Å². The lowest BCUT2D eigenvalue weighted by Crippen LogP contribution is -1.88. The molecule has 0 saturated heterocycles. The Balaban J connectivity index is 1.33. The second kappa shape index (κ2) is 9.46. The first-order valence-corrected chi connectivity index (χ1v) is 14.7. The van der Waals surface area contributed by atoms with Gasteiger partial charge in [-0.2, -0.15) is 5.26 Å². The number of rotatable bonds is 3. The smallest absolute Gasteiger partial charge is 0.147 e. The molecule has 0 aliphatic rings. The molecule has 9 aromatic rings. The first-order chi connectivity index (χ1) is 21.8. The van der Waals surface area contributed by atoms with Gasteiger partial charge < -0.3 is 8.83 Å². The van der Waals surface area contributed by atoms with Gasteiger partial charge in [0.15, 0.2) is 0 Å². The van der Waals surface area contributed by atoms with Crippen LogP contribution in [-0.4, -0.2) is 0 Å². The zero-order valence-corrected chi connectivity index (χ0v) is 23.5. The van der Waals surface area contributed by atoms with Crippen LogP contribution in [0.5, 0.6) is 0 Å². The van der Waals surface area contributed by atoms with Crippen molar-refractivity contribution < 1.29 is 8.83 Å². The van der Waals surface area contributed by atoms with Crippen LogP contribution in [-0.2, 0) is 0 Å². The zero-order chi connectivity index (χ0) is 29.2. The Labute approximate surface area is 252 Å². The number of benzene rings is 7. The third-order valence-corrected chi connectivity index (χ3v) is 8.70. The average Bonchev–Trinajstić information content (AvgIpc) is 3.65. The summed E-state index contributed by atoms with van der Waals surface area (Å²) in [5.41, 5.74) is 10.4. The minimum Gasteiger partial charge on any atom is -0.455 e. The summed E-state index contributed by atoms with van der Waals surface area (Å²) < 4.78 is 13.2. The minimum atomic E-state index is 0.652. The molecular formula is C41H23NO2. The molecule has 3 nitrogen and oxygen atoms in total. The van der Waals surface area contributed by atoms with E-state index in [0.717, 1.165) is 88.0 Å². The van der Waals surface area contributed by atoms with E-state index in [4.69, 9.17) is 8.83 Å². The molecule has 204 valence electrons. The van der Waals surface area contributed by atoms with Gasteiger partial charge in [0.1, 0.15) is 22.3 Å². The monoisotopic (exact) mass is 561 g/mol. The standard InChI is InChI=1S/C41H23NO2/c42-24-25-9-7-10-26(21-25)27-11-8-12-28(22-27)29-19-20-34(31-14-2-1-13-30(29)31)39-40-35(32-15-3-5-17-37(32)43-40)23-36-33-16-4-6-18-38(33)44-41(36)39/h1-23H. The highest BCUT2D eigenvalue weighted by Crippen LogP contribution is 2.47. The van der Waals surface area contributed by atoms with Gasteiger partial charge in [0.2, 0.25) is 0 Å². The van der Waals surface area contributed by atoms with Gasteiger partial charge in [0.05, 0.1) is 17.2 Å². The summed E-state index contributed by atoms with van der Waals surface area (Å²) in [6.07, 6.45) is 0. The lowest BCUT2D eigenvalue weighted by molar-refractivity contribution is 0.658.